The van der Waals surface area contributed by atoms with Crippen LogP contribution in [0.4, 0.5) is 0 Å². The van der Waals surface area contributed by atoms with Crippen LogP contribution >= 0.6 is 36.7 Å². The summed E-state index contributed by atoms with van der Waals surface area (Å²) in [5, 5.41) is 0. The van der Waals surface area contributed by atoms with Gasteiger partial charge in [-0.15, -0.1) is 5.56 Å². The molecular formula is C13H9Br3Zr-. The molecule has 0 radical (unpaired) electrons. The first-order chi connectivity index (χ1) is 8.18. The van der Waals surface area contributed by atoms with Gasteiger partial charge in [0.15, 0.2) is 0 Å². The number of halogens is 3. The molecule has 0 unspecified atom stereocenters. The van der Waals surface area contributed by atoms with Crippen LogP contribution in [-0.2, 0) is 21.1 Å². The molecule has 0 aromatic heterocycles. The summed E-state index contributed by atoms with van der Waals surface area (Å²) in [5.74, 6) is 0. The Labute approximate surface area is 127 Å². The van der Waals surface area contributed by atoms with E-state index in [0.29, 0.717) is 0 Å². The zero-order valence-electron chi connectivity index (χ0n) is 8.88. The van der Waals surface area contributed by atoms with Gasteiger partial charge < -0.3 is 0 Å². The van der Waals surface area contributed by atoms with Crippen molar-refractivity contribution in [1.82, 2.24) is 0 Å². The number of fused-ring (bicyclic) bond motifs is 3. The monoisotopic (exact) mass is 492 g/mol. The summed E-state index contributed by atoms with van der Waals surface area (Å²) in [6, 6.07) is 18.1. The van der Waals surface area contributed by atoms with E-state index in [0.717, 1.165) is 6.42 Å². The molecule has 87 valence electrons. The summed E-state index contributed by atoms with van der Waals surface area (Å²) >= 11 is 8.80. The first kappa shape index (κ1) is 14.2. The fourth-order valence-electron chi connectivity index (χ4n) is 2.00. The van der Waals surface area contributed by atoms with E-state index in [2.05, 4.69) is 79.1 Å². The van der Waals surface area contributed by atoms with E-state index in [1.165, 1.54) is 22.3 Å². The summed E-state index contributed by atoms with van der Waals surface area (Å²) < 4.78 is 0. The predicted molar refractivity (Wildman–Crippen MR) is 80.3 cm³/mol. The molecule has 0 amide bonds. The van der Waals surface area contributed by atoms with Gasteiger partial charge in [-0.05, 0) is 6.42 Å². The minimum atomic E-state index is -1.11. The first-order valence-electron chi connectivity index (χ1n) is 5.10. The second-order valence-electron chi connectivity index (χ2n) is 3.61. The molecule has 4 heteroatoms. The van der Waals surface area contributed by atoms with Gasteiger partial charge in [-0.25, -0.2) is 0 Å². The SMILES string of the molecule is [Br][Zr]([Br])[Br].[c-]1cccc2c1Cc1ccccc1-2. The van der Waals surface area contributed by atoms with Gasteiger partial charge in [0.1, 0.15) is 0 Å². The maximum atomic E-state index is 3.30. The van der Waals surface area contributed by atoms with E-state index in [-0.39, 0.29) is 0 Å². The number of benzene rings is 2. The van der Waals surface area contributed by atoms with Crippen LogP contribution in [0, 0.1) is 6.07 Å². The largest absolute Gasteiger partial charge is 0.179 e. The van der Waals surface area contributed by atoms with Crippen molar-refractivity contribution in [2.45, 2.75) is 6.42 Å². The van der Waals surface area contributed by atoms with Crippen LogP contribution < -0.4 is 0 Å². The van der Waals surface area contributed by atoms with E-state index in [1.807, 2.05) is 6.07 Å². The number of rotatable bonds is 0. The molecule has 0 fully saturated rings. The van der Waals surface area contributed by atoms with Crippen LogP contribution in [0.15, 0.2) is 42.5 Å². The van der Waals surface area contributed by atoms with Crippen LogP contribution in [0.2, 0.25) is 0 Å². The average molecular weight is 496 g/mol. The van der Waals surface area contributed by atoms with Crippen molar-refractivity contribution in [3.05, 3.63) is 59.7 Å². The molecule has 0 atom stereocenters. The van der Waals surface area contributed by atoms with Crippen molar-refractivity contribution in [2.24, 2.45) is 0 Å². The zero-order chi connectivity index (χ0) is 12.3. The van der Waals surface area contributed by atoms with Gasteiger partial charge in [-0.2, -0.15) is 29.8 Å². The Morgan fingerprint density at radius 2 is 1.59 bits per heavy atom. The van der Waals surface area contributed by atoms with Crippen molar-refractivity contribution >= 4 is 36.7 Å². The van der Waals surface area contributed by atoms with Crippen molar-refractivity contribution in [1.29, 1.82) is 0 Å². The van der Waals surface area contributed by atoms with Crippen molar-refractivity contribution in [2.75, 3.05) is 0 Å². The molecule has 17 heavy (non-hydrogen) atoms. The summed E-state index contributed by atoms with van der Waals surface area (Å²) in [4.78, 5) is 0. The molecule has 3 rings (SSSR count). The van der Waals surface area contributed by atoms with E-state index >= 15 is 0 Å². The summed E-state index contributed by atoms with van der Waals surface area (Å²) in [6.07, 6.45) is 1.05. The molecule has 2 aromatic carbocycles. The topological polar surface area (TPSA) is 0 Å². The van der Waals surface area contributed by atoms with Crippen molar-refractivity contribution in [3.8, 4) is 11.1 Å². The van der Waals surface area contributed by atoms with Crippen LogP contribution in [-0.4, -0.2) is 0 Å². The Bertz CT molecular complexity index is 465. The van der Waals surface area contributed by atoms with Gasteiger partial charge >= 0.3 is 51.4 Å². The van der Waals surface area contributed by atoms with Gasteiger partial charge in [0, 0.05) is 0 Å². The Hall–Kier alpha value is 0.763. The van der Waals surface area contributed by atoms with E-state index < -0.39 is 14.7 Å². The van der Waals surface area contributed by atoms with Crippen molar-refractivity contribution < 1.29 is 14.7 Å². The molecule has 2 aromatic rings. The normalized spacial score (nSPS) is 11.0. The average Bonchev–Trinajstić information content (AvgIpc) is 2.66. The molecule has 0 heterocycles. The Morgan fingerprint density at radius 3 is 2.35 bits per heavy atom. The van der Waals surface area contributed by atoms with Gasteiger partial charge in [-0.3, -0.25) is 0 Å². The predicted octanol–water partition coefficient (Wildman–Crippen LogP) is 5.59. The van der Waals surface area contributed by atoms with Crippen LogP contribution in [0.5, 0.6) is 0 Å². The standard InChI is InChI=1S/C13H9.3BrH.Zr/c1-3-7-12-10(5-1)9-11-6-2-4-8-13(11)12;;;;/h1-5,7-8H,9H2;3*1H;/q-1;;;;+3/p-3. The van der Waals surface area contributed by atoms with Crippen LogP contribution in [0.25, 0.3) is 11.1 Å². The Morgan fingerprint density at radius 1 is 0.941 bits per heavy atom. The zero-order valence-corrected chi connectivity index (χ0v) is 16.1. The second-order valence-corrected chi connectivity index (χ2v) is 37.6. The van der Waals surface area contributed by atoms with Crippen LogP contribution in [0.3, 0.4) is 0 Å². The molecular weight excluding hydrogens is 487 g/mol. The maximum absolute atomic E-state index is 3.30. The third kappa shape index (κ3) is 3.86. The molecule has 0 nitrogen and oxygen atoms in total. The Balaban J connectivity index is 0.000000239. The van der Waals surface area contributed by atoms with Crippen LogP contribution in [0.1, 0.15) is 11.1 Å². The third-order valence-electron chi connectivity index (χ3n) is 2.62. The smallest absolute Gasteiger partial charge is 0.0253 e. The van der Waals surface area contributed by atoms with E-state index in [4.69, 9.17) is 0 Å². The Kier molecular flexibility index (Phi) is 5.66. The van der Waals surface area contributed by atoms with Gasteiger partial charge in [0.05, 0.1) is 0 Å². The van der Waals surface area contributed by atoms with Gasteiger partial charge in [0.25, 0.3) is 0 Å². The molecule has 0 N–H and O–H groups in total. The van der Waals surface area contributed by atoms with Gasteiger partial charge in [-0.1, -0.05) is 35.4 Å². The fourth-order valence-corrected chi connectivity index (χ4v) is 2.00. The molecule has 1 aliphatic rings. The fraction of sp³-hybridized carbons (Fsp3) is 0.0769. The molecule has 0 aliphatic heterocycles. The van der Waals surface area contributed by atoms with Gasteiger partial charge in [0.2, 0.25) is 0 Å². The molecule has 0 saturated carbocycles. The summed E-state index contributed by atoms with van der Waals surface area (Å²) in [5.41, 5.74) is 5.51. The number of hydrogen-bond acceptors (Lipinski definition) is 0. The maximum Gasteiger partial charge on any atom is -0.0253 e. The summed E-state index contributed by atoms with van der Waals surface area (Å²) in [6.45, 7) is 0. The molecule has 0 saturated heterocycles. The van der Waals surface area contributed by atoms with E-state index in [1.54, 1.807) is 0 Å². The minimum Gasteiger partial charge on any atom is -0.179 e. The van der Waals surface area contributed by atoms with E-state index in [9.17, 15) is 0 Å². The quantitative estimate of drug-likeness (QED) is 0.356. The first-order valence-corrected chi connectivity index (χ1v) is 22.0. The molecule has 1 aliphatic carbocycles. The molecule has 0 spiro atoms. The molecule has 0 bridgehead atoms. The second kappa shape index (κ2) is 6.79. The number of hydrogen-bond donors (Lipinski definition) is 0. The summed E-state index contributed by atoms with van der Waals surface area (Å²) in [7, 11) is 0. The minimum absolute atomic E-state index is 1.05. The van der Waals surface area contributed by atoms with Crippen molar-refractivity contribution in [3.63, 3.8) is 0 Å². The third-order valence-corrected chi connectivity index (χ3v) is 2.62.